The lowest BCUT2D eigenvalue weighted by Gasteiger charge is -2.28. The molecule has 1 aromatic carbocycles. The van der Waals surface area contributed by atoms with Crippen molar-refractivity contribution in [3.63, 3.8) is 0 Å². The number of fused-ring (bicyclic) bond motifs is 2. The van der Waals surface area contributed by atoms with Gasteiger partial charge in [-0.05, 0) is 43.3 Å². The molecule has 0 atom stereocenters. The molecule has 1 N–H and O–H groups in total. The van der Waals surface area contributed by atoms with Crippen LogP contribution in [0, 0.1) is 6.92 Å². The molecule has 0 saturated carbocycles. The maximum atomic E-state index is 12.8. The third-order valence-electron chi connectivity index (χ3n) is 5.86. The standard InChI is InChI=1S/C25H21N5O3/c1-15-4-7-21(33-15)23-22(17-5-6-18-16(13-17)3-2-8-26-18)27-19-14-20(25(31)29-24(19)28-23)30-9-11-32-12-10-30/h2-8,13-14H,9-12H2,1H3,(H,28,29,31). The second-order valence-electron chi connectivity index (χ2n) is 8.06. The zero-order valence-corrected chi connectivity index (χ0v) is 18.0. The van der Waals surface area contributed by atoms with Gasteiger partial charge in [0.2, 0.25) is 0 Å². The molecule has 1 fully saturated rings. The Kier molecular flexibility index (Phi) is 4.66. The predicted molar refractivity (Wildman–Crippen MR) is 126 cm³/mol. The van der Waals surface area contributed by atoms with Crippen molar-refractivity contribution in [1.82, 2.24) is 19.9 Å². The molecule has 5 heterocycles. The Labute approximate surface area is 188 Å². The number of aryl methyl sites for hydroxylation is 1. The van der Waals surface area contributed by atoms with Crippen LogP contribution in [0.2, 0.25) is 0 Å². The second-order valence-corrected chi connectivity index (χ2v) is 8.06. The maximum absolute atomic E-state index is 12.8. The van der Waals surface area contributed by atoms with Crippen LogP contribution < -0.4 is 10.5 Å². The number of nitrogens with zero attached hydrogens (tertiary/aromatic N) is 4. The van der Waals surface area contributed by atoms with E-state index >= 15 is 0 Å². The van der Waals surface area contributed by atoms with E-state index < -0.39 is 0 Å². The summed E-state index contributed by atoms with van der Waals surface area (Å²) in [6.07, 6.45) is 1.78. The van der Waals surface area contributed by atoms with Gasteiger partial charge in [0, 0.05) is 30.2 Å². The number of anilines is 1. The van der Waals surface area contributed by atoms with Crippen LogP contribution in [-0.4, -0.2) is 46.2 Å². The van der Waals surface area contributed by atoms with Gasteiger partial charge in [-0.15, -0.1) is 0 Å². The van der Waals surface area contributed by atoms with Crippen LogP contribution in [0.1, 0.15) is 5.76 Å². The van der Waals surface area contributed by atoms with Crippen molar-refractivity contribution in [2.45, 2.75) is 6.92 Å². The summed E-state index contributed by atoms with van der Waals surface area (Å²) in [4.78, 5) is 32.0. The summed E-state index contributed by atoms with van der Waals surface area (Å²) in [6, 6.07) is 15.5. The average molecular weight is 439 g/mol. The van der Waals surface area contributed by atoms with Crippen molar-refractivity contribution in [3.05, 3.63) is 70.8 Å². The van der Waals surface area contributed by atoms with Crippen LogP contribution in [0.5, 0.6) is 0 Å². The molecule has 1 aliphatic heterocycles. The van der Waals surface area contributed by atoms with Gasteiger partial charge < -0.3 is 19.0 Å². The molecule has 0 radical (unpaired) electrons. The minimum atomic E-state index is -0.190. The number of benzene rings is 1. The Morgan fingerprint density at radius 2 is 1.85 bits per heavy atom. The molecule has 0 bridgehead atoms. The van der Waals surface area contributed by atoms with Crippen LogP contribution in [-0.2, 0) is 4.74 Å². The summed E-state index contributed by atoms with van der Waals surface area (Å²) in [5.41, 5.74) is 4.49. The monoisotopic (exact) mass is 439 g/mol. The fourth-order valence-electron chi connectivity index (χ4n) is 4.20. The number of pyridine rings is 2. The van der Waals surface area contributed by atoms with E-state index in [0.29, 0.717) is 60.3 Å². The Bertz CT molecular complexity index is 1550. The lowest BCUT2D eigenvalue weighted by molar-refractivity contribution is 0.122. The van der Waals surface area contributed by atoms with Gasteiger partial charge in [-0.25, -0.2) is 9.97 Å². The normalized spacial score (nSPS) is 14.3. The molecule has 1 saturated heterocycles. The first-order chi connectivity index (χ1) is 16.2. The number of aromatic amines is 1. The van der Waals surface area contributed by atoms with Crippen molar-refractivity contribution < 1.29 is 9.15 Å². The number of ether oxygens (including phenoxy) is 1. The van der Waals surface area contributed by atoms with Gasteiger partial charge in [-0.1, -0.05) is 12.1 Å². The van der Waals surface area contributed by atoms with E-state index in [9.17, 15) is 4.79 Å². The molecule has 1 aliphatic rings. The first-order valence-electron chi connectivity index (χ1n) is 10.9. The van der Waals surface area contributed by atoms with E-state index in [1.54, 1.807) is 6.20 Å². The van der Waals surface area contributed by atoms with Crippen molar-refractivity contribution in [3.8, 4) is 22.7 Å². The molecule has 8 heteroatoms. The van der Waals surface area contributed by atoms with E-state index in [4.69, 9.17) is 19.1 Å². The minimum Gasteiger partial charge on any atom is -0.460 e. The summed E-state index contributed by atoms with van der Waals surface area (Å²) in [7, 11) is 0. The zero-order valence-electron chi connectivity index (χ0n) is 18.0. The Balaban J connectivity index is 1.58. The van der Waals surface area contributed by atoms with Gasteiger partial charge >= 0.3 is 0 Å². The van der Waals surface area contributed by atoms with Crippen molar-refractivity contribution in [2.24, 2.45) is 0 Å². The molecule has 8 nitrogen and oxygen atoms in total. The number of H-pyrrole nitrogens is 1. The van der Waals surface area contributed by atoms with Gasteiger partial charge in [0.25, 0.3) is 5.56 Å². The molecular formula is C25H21N5O3. The molecule has 33 heavy (non-hydrogen) atoms. The second kappa shape index (κ2) is 7.83. The van der Waals surface area contributed by atoms with Gasteiger partial charge in [0.15, 0.2) is 11.4 Å². The molecule has 0 unspecified atom stereocenters. The van der Waals surface area contributed by atoms with Crippen LogP contribution >= 0.6 is 0 Å². The topological polar surface area (TPSA) is 97.1 Å². The van der Waals surface area contributed by atoms with Crippen LogP contribution in [0.25, 0.3) is 44.8 Å². The molecule has 5 aromatic rings. The van der Waals surface area contributed by atoms with Gasteiger partial charge in [0.1, 0.15) is 28.4 Å². The quantitative estimate of drug-likeness (QED) is 0.455. The molecule has 4 aromatic heterocycles. The highest BCUT2D eigenvalue weighted by atomic mass is 16.5. The molecule has 0 amide bonds. The maximum Gasteiger partial charge on any atom is 0.273 e. The SMILES string of the molecule is Cc1ccc(-c2nc3[nH]c(=O)c(N4CCOCC4)cc3nc2-c2ccc3ncccc3c2)o1. The first kappa shape index (κ1) is 19.6. The lowest BCUT2D eigenvalue weighted by atomic mass is 10.0. The van der Waals surface area contributed by atoms with Crippen molar-refractivity contribution in [1.29, 1.82) is 0 Å². The largest absolute Gasteiger partial charge is 0.460 e. The Morgan fingerprint density at radius 3 is 2.67 bits per heavy atom. The van der Waals surface area contributed by atoms with E-state index in [2.05, 4.69) is 9.97 Å². The molecule has 6 rings (SSSR count). The van der Waals surface area contributed by atoms with Gasteiger partial charge in [-0.3, -0.25) is 9.78 Å². The number of morpholine rings is 1. The summed E-state index contributed by atoms with van der Waals surface area (Å²) in [5, 5.41) is 1.01. The van der Waals surface area contributed by atoms with Gasteiger partial charge in [0.05, 0.1) is 18.7 Å². The fourth-order valence-corrected chi connectivity index (χ4v) is 4.20. The van der Waals surface area contributed by atoms with E-state index in [1.165, 1.54) is 0 Å². The molecule has 0 spiro atoms. The van der Waals surface area contributed by atoms with Crippen LogP contribution in [0.15, 0.2) is 63.9 Å². The summed E-state index contributed by atoms with van der Waals surface area (Å²) in [5.74, 6) is 1.37. The highest BCUT2D eigenvalue weighted by Gasteiger charge is 2.20. The smallest absolute Gasteiger partial charge is 0.273 e. The molecule has 0 aliphatic carbocycles. The number of aromatic nitrogens is 4. The minimum absolute atomic E-state index is 0.190. The number of furan rings is 1. The van der Waals surface area contributed by atoms with E-state index in [0.717, 1.165) is 22.2 Å². The molecule has 164 valence electrons. The van der Waals surface area contributed by atoms with Gasteiger partial charge in [-0.2, -0.15) is 0 Å². The summed E-state index contributed by atoms with van der Waals surface area (Å²) < 4.78 is 11.3. The molecular weight excluding hydrogens is 418 g/mol. The first-order valence-corrected chi connectivity index (χ1v) is 10.9. The van der Waals surface area contributed by atoms with Crippen LogP contribution in [0.3, 0.4) is 0 Å². The van der Waals surface area contributed by atoms with E-state index in [1.807, 2.05) is 60.4 Å². The average Bonchev–Trinajstić information content (AvgIpc) is 3.29. The third-order valence-corrected chi connectivity index (χ3v) is 5.86. The number of hydrogen-bond acceptors (Lipinski definition) is 7. The Hall–Kier alpha value is -4.04. The fraction of sp³-hybridized carbons (Fsp3) is 0.200. The summed E-state index contributed by atoms with van der Waals surface area (Å²) in [6.45, 7) is 4.40. The lowest BCUT2D eigenvalue weighted by Crippen LogP contribution is -2.39. The predicted octanol–water partition coefficient (Wildman–Crippen LogP) is 3.94. The number of rotatable bonds is 3. The summed E-state index contributed by atoms with van der Waals surface area (Å²) >= 11 is 0. The zero-order chi connectivity index (χ0) is 22.4. The van der Waals surface area contributed by atoms with Crippen molar-refractivity contribution in [2.75, 3.05) is 31.2 Å². The number of hydrogen-bond donors (Lipinski definition) is 1. The van der Waals surface area contributed by atoms with E-state index in [-0.39, 0.29) is 5.56 Å². The highest BCUT2D eigenvalue weighted by molar-refractivity contribution is 5.89. The van der Waals surface area contributed by atoms with Crippen LogP contribution in [0.4, 0.5) is 5.69 Å². The third kappa shape index (κ3) is 3.54. The Morgan fingerprint density at radius 1 is 0.970 bits per heavy atom. The van der Waals surface area contributed by atoms with Crippen molar-refractivity contribution >= 4 is 27.8 Å². The number of nitrogens with one attached hydrogen (secondary N) is 1. The highest BCUT2D eigenvalue weighted by Crippen LogP contribution is 2.33.